The van der Waals surface area contributed by atoms with Crippen LogP contribution in [0.3, 0.4) is 0 Å². The van der Waals surface area contributed by atoms with Crippen molar-refractivity contribution >= 4 is 23.1 Å². The molecular weight excluding hydrogens is 319 g/mol. The molecule has 3 rings (SSSR count). The van der Waals surface area contributed by atoms with Gasteiger partial charge in [0.25, 0.3) is 0 Å². The lowest BCUT2D eigenvalue weighted by atomic mass is 10.3. The summed E-state index contributed by atoms with van der Waals surface area (Å²) in [6.07, 6.45) is 0. The lowest BCUT2D eigenvalue weighted by Crippen LogP contribution is -2.25. The van der Waals surface area contributed by atoms with Gasteiger partial charge in [0.2, 0.25) is 0 Å². The summed E-state index contributed by atoms with van der Waals surface area (Å²) in [5.41, 5.74) is 0. The molecule has 0 N–H and O–H groups in total. The predicted molar refractivity (Wildman–Crippen MR) is 98.9 cm³/mol. The summed E-state index contributed by atoms with van der Waals surface area (Å²) in [7, 11) is 0.167. The van der Waals surface area contributed by atoms with Crippen molar-refractivity contribution in [1.82, 2.24) is 0 Å². The van der Waals surface area contributed by atoms with Crippen molar-refractivity contribution < 1.29 is 14.0 Å². The minimum Gasteiger partial charge on any atom is -0.497 e. The molecule has 0 spiro atoms. The van der Waals surface area contributed by atoms with Crippen LogP contribution in [0.2, 0.25) is 0 Å². The Morgan fingerprint density at radius 3 is 1.42 bits per heavy atom. The van der Waals surface area contributed by atoms with Gasteiger partial charge >= 0.3 is 0 Å². The first-order valence-electron chi connectivity index (χ1n) is 7.63. The monoisotopic (exact) mass is 338 g/mol. The van der Waals surface area contributed by atoms with Gasteiger partial charge in [-0.3, -0.25) is 0 Å². The van der Waals surface area contributed by atoms with E-state index < -0.39 is 7.14 Å². The standard InChI is InChI=1S/C20H19O3P/c1-22-16-13-17(23-2)15-20(14-16)24(21,18-9-5-3-6-10-18)19-11-7-4-8-12-19/h3-15H,1-2H3. The van der Waals surface area contributed by atoms with Crippen molar-refractivity contribution in [3.05, 3.63) is 78.9 Å². The fourth-order valence-electron chi connectivity index (χ4n) is 2.70. The quantitative estimate of drug-likeness (QED) is 0.670. The van der Waals surface area contributed by atoms with Crippen molar-refractivity contribution in [3.63, 3.8) is 0 Å². The van der Waals surface area contributed by atoms with Crippen LogP contribution in [0.25, 0.3) is 0 Å². The van der Waals surface area contributed by atoms with Gasteiger partial charge in [0, 0.05) is 22.0 Å². The van der Waals surface area contributed by atoms with E-state index in [4.69, 9.17) is 9.47 Å². The van der Waals surface area contributed by atoms with Crippen molar-refractivity contribution in [3.8, 4) is 11.5 Å². The highest BCUT2D eigenvalue weighted by atomic mass is 31.2. The lowest BCUT2D eigenvalue weighted by Gasteiger charge is -2.21. The summed E-state index contributed by atoms with van der Waals surface area (Å²) >= 11 is 0. The molecule has 0 bridgehead atoms. The summed E-state index contributed by atoms with van der Waals surface area (Å²) in [6, 6.07) is 24.5. The Balaban J connectivity index is 2.29. The maximum Gasteiger partial charge on any atom is 0.171 e. The van der Waals surface area contributed by atoms with E-state index in [2.05, 4.69) is 0 Å². The third-order valence-electron chi connectivity index (χ3n) is 3.94. The second-order valence-corrected chi connectivity index (χ2v) is 8.12. The maximum absolute atomic E-state index is 14.2. The zero-order valence-corrected chi connectivity index (χ0v) is 14.6. The molecule has 3 nitrogen and oxygen atoms in total. The molecule has 0 saturated heterocycles. The van der Waals surface area contributed by atoms with Gasteiger partial charge in [0.1, 0.15) is 11.5 Å². The molecule has 0 aromatic heterocycles. The molecule has 3 aromatic rings. The number of rotatable bonds is 5. The Morgan fingerprint density at radius 2 is 1.04 bits per heavy atom. The summed E-state index contributed by atoms with van der Waals surface area (Å²) in [6.45, 7) is 0. The number of hydrogen-bond donors (Lipinski definition) is 0. The number of methoxy groups -OCH3 is 2. The van der Waals surface area contributed by atoms with Crippen LogP contribution >= 0.6 is 7.14 Å². The van der Waals surface area contributed by atoms with Crippen LogP contribution in [-0.4, -0.2) is 14.2 Å². The highest BCUT2D eigenvalue weighted by molar-refractivity contribution is 7.85. The van der Waals surface area contributed by atoms with Crippen molar-refractivity contribution in [2.45, 2.75) is 0 Å². The molecule has 0 aliphatic heterocycles. The highest BCUT2D eigenvalue weighted by Crippen LogP contribution is 2.43. The average molecular weight is 338 g/mol. The normalized spacial score (nSPS) is 11.1. The van der Waals surface area contributed by atoms with Gasteiger partial charge in [-0.2, -0.15) is 0 Å². The van der Waals surface area contributed by atoms with Gasteiger partial charge < -0.3 is 14.0 Å². The van der Waals surface area contributed by atoms with Crippen molar-refractivity contribution in [2.24, 2.45) is 0 Å². The molecule has 0 atom stereocenters. The van der Waals surface area contributed by atoms with E-state index in [-0.39, 0.29) is 0 Å². The van der Waals surface area contributed by atoms with Crippen LogP contribution < -0.4 is 25.4 Å². The van der Waals surface area contributed by atoms with Gasteiger partial charge in [-0.05, 0) is 12.1 Å². The van der Waals surface area contributed by atoms with E-state index in [9.17, 15) is 4.57 Å². The number of benzene rings is 3. The van der Waals surface area contributed by atoms with E-state index in [0.29, 0.717) is 16.8 Å². The van der Waals surface area contributed by atoms with E-state index >= 15 is 0 Å². The first-order chi connectivity index (χ1) is 11.7. The topological polar surface area (TPSA) is 35.5 Å². The maximum atomic E-state index is 14.2. The van der Waals surface area contributed by atoms with E-state index in [1.54, 1.807) is 20.3 Å². The van der Waals surface area contributed by atoms with Crippen molar-refractivity contribution in [2.75, 3.05) is 14.2 Å². The average Bonchev–Trinajstić information content (AvgIpc) is 2.68. The largest absolute Gasteiger partial charge is 0.497 e. The van der Waals surface area contributed by atoms with Crippen molar-refractivity contribution in [1.29, 1.82) is 0 Å². The number of ether oxygens (including phenoxy) is 2. The van der Waals surface area contributed by atoms with E-state index in [1.165, 1.54) is 0 Å². The molecule has 24 heavy (non-hydrogen) atoms. The molecular formula is C20H19O3P. The smallest absolute Gasteiger partial charge is 0.171 e. The molecule has 0 unspecified atom stereocenters. The molecule has 0 amide bonds. The Morgan fingerprint density at radius 1 is 0.625 bits per heavy atom. The van der Waals surface area contributed by atoms with Gasteiger partial charge in [-0.25, -0.2) is 0 Å². The zero-order chi connectivity index (χ0) is 17.0. The predicted octanol–water partition coefficient (Wildman–Crippen LogP) is 3.34. The first-order valence-corrected chi connectivity index (χ1v) is 9.34. The molecule has 0 aliphatic rings. The fraction of sp³-hybridized carbons (Fsp3) is 0.100. The highest BCUT2D eigenvalue weighted by Gasteiger charge is 2.30. The van der Waals surface area contributed by atoms with Gasteiger partial charge in [-0.15, -0.1) is 0 Å². The molecule has 4 heteroatoms. The summed E-state index contributed by atoms with van der Waals surface area (Å²) in [5, 5.41) is 2.26. The van der Waals surface area contributed by atoms with Crippen LogP contribution in [0.15, 0.2) is 78.9 Å². The molecule has 0 radical (unpaired) electrons. The Bertz CT molecular complexity index is 795. The second-order valence-electron chi connectivity index (χ2n) is 5.35. The second kappa shape index (κ2) is 6.94. The molecule has 0 saturated carbocycles. The van der Waals surface area contributed by atoms with E-state index in [1.807, 2.05) is 72.8 Å². The minimum absolute atomic E-state index is 0.622. The van der Waals surface area contributed by atoms with Crippen LogP contribution in [-0.2, 0) is 4.57 Å². The molecule has 0 heterocycles. The Labute approximate surface area is 142 Å². The molecule has 122 valence electrons. The Kier molecular flexibility index (Phi) is 4.73. The summed E-state index contributed by atoms with van der Waals surface area (Å²) in [5.74, 6) is 1.24. The van der Waals surface area contributed by atoms with E-state index in [0.717, 1.165) is 10.6 Å². The number of hydrogen-bond acceptors (Lipinski definition) is 3. The van der Waals surface area contributed by atoms with Crippen LogP contribution in [0.5, 0.6) is 11.5 Å². The zero-order valence-electron chi connectivity index (χ0n) is 13.7. The fourth-order valence-corrected chi connectivity index (χ4v) is 5.39. The Hall–Kier alpha value is -2.51. The SMILES string of the molecule is COc1cc(OC)cc(P(=O)(c2ccccc2)c2ccccc2)c1. The molecule has 0 aliphatic carbocycles. The summed E-state index contributed by atoms with van der Waals surface area (Å²) in [4.78, 5) is 0. The minimum atomic E-state index is -3.02. The third-order valence-corrected chi connectivity index (χ3v) is 6.98. The molecule has 3 aromatic carbocycles. The third kappa shape index (κ3) is 2.95. The first kappa shape index (κ1) is 16.4. The van der Waals surface area contributed by atoms with Crippen LogP contribution in [0, 0.1) is 0 Å². The summed E-state index contributed by atoms with van der Waals surface area (Å²) < 4.78 is 25.0. The lowest BCUT2D eigenvalue weighted by molar-refractivity contribution is 0.395. The van der Waals surface area contributed by atoms with Crippen LogP contribution in [0.1, 0.15) is 0 Å². The van der Waals surface area contributed by atoms with Gasteiger partial charge in [-0.1, -0.05) is 60.7 Å². The van der Waals surface area contributed by atoms with Gasteiger partial charge in [0.05, 0.1) is 14.2 Å². The van der Waals surface area contributed by atoms with Crippen LogP contribution in [0.4, 0.5) is 0 Å². The van der Waals surface area contributed by atoms with Gasteiger partial charge in [0.15, 0.2) is 7.14 Å². The molecule has 0 fully saturated rings.